The number of carbonyl (C=O) groups excluding carboxylic acids is 2. The molecule has 0 spiro atoms. The number of fused-ring (bicyclic) bond motifs is 1. The van der Waals surface area contributed by atoms with Gasteiger partial charge in [0.1, 0.15) is 0 Å². The zero-order valence-electron chi connectivity index (χ0n) is 16.7. The molecule has 148 valence electrons. The van der Waals surface area contributed by atoms with E-state index in [9.17, 15) is 9.59 Å². The summed E-state index contributed by atoms with van der Waals surface area (Å²) >= 11 is 0. The summed E-state index contributed by atoms with van der Waals surface area (Å²) in [5.74, 6) is 0.226. The van der Waals surface area contributed by atoms with Crippen LogP contribution >= 0.6 is 0 Å². The van der Waals surface area contributed by atoms with Crippen molar-refractivity contribution in [1.29, 1.82) is 0 Å². The molecule has 0 aliphatic carbocycles. The Labute approximate surface area is 171 Å². The average Bonchev–Trinajstić information content (AvgIpc) is 2.74. The number of ketones is 1. The highest BCUT2D eigenvalue weighted by molar-refractivity contribution is 6.09. The number of hydrogen-bond acceptors (Lipinski definition) is 3. The number of amides is 1. The highest BCUT2D eigenvalue weighted by Crippen LogP contribution is 2.26. The lowest BCUT2D eigenvalue weighted by Crippen LogP contribution is -2.38. The highest BCUT2D eigenvalue weighted by Gasteiger charge is 2.27. The first-order chi connectivity index (χ1) is 14.1. The summed E-state index contributed by atoms with van der Waals surface area (Å²) in [6.45, 7) is 4.12. The fourth-order valence-corrected chi connectivity index (χ4v) is 4.23. The zero-order valence-corrected chi connectivity index (χ0v) is 16.7. The predicted molar refractivity (Wildman–Crippen MR) is 117 cm³/mol. The molecule has 0 aromatic heterocycles. The molecular formula is C25H26N2O2. The summed E-state index contributed by atoms with van der Waals surface area (Å²) in [5, 5.41) is 4.96. The lowest BCUT2D eigenvalue weighted by molar-refractivity contribution is -0.114. The van der Waals surface area contributed by atoms with E-state index < -0.39 is 0 Å². The van der Waals surface area contributed by atoms with E-state index in [2.05, 4.69) is 22.3 Å². The number of likely N-dealkylation sites (tertiary alicyclic amines) is 1. The smallest absolute Gasteiger partial charge is 0.221 e. The standard InChI is InChI=1S/C25H26N2O2/c1-18(28)26-22-13-11-19(12-14-22)16-27-15-5-8-21(17-27)25(29)24-10-4-7-20-6-2-3-9-23(20)24/h2-4,6-7,9-14,21H,5,8,15-17H2,1H3,(H,26,28). The van der Waals surface area contributed by atoms with Gasteiger partial charge in [-0.1, -0.05) is 54.6 Å². The van der Waals surface area contributed by atoms with Crippen LogP contribution in [0.25, 0.3) is 10.8 Å². The number of rotatable bonds is 5. The van der Waals surface area contributed by atoms with Crippen LogP contribution < -0.4 is 5.32 Å². The molecule has 3 aromatic rings. The molecule has 1 aliphatic rings. The topological polar surface area (TPSA) is 49.4 Å². The van der Waals surface area contributed by atoms with Gasteiger partial charge >= 0.3 is 0 Å². The van der Waals surface area contributed by atoms with Crippen molar-refractivity contribution < 1.29 is 9.59 Å². The molecule has 1 heterocycles. The number of benzene rings is 3. The van der Waals surface area contributed by atoms with Crippen LogP contribution in [0.15, 0.2) is 66.7 Å². The first-order valence-electron chi connectivity index (χ1n) is 10.2. The second-order valence-electron chi connectivity index (χ2n) is 7.84. The minimum absolute atomic E-state index is 0.0354. The van der Waals surface area contributed by atoms with Gasteiger partial charge in [-0.05, 0) is 47.9 Å². The van der Waals surface area contributed by atoms with Gasteiger partial charge in [0.25, 0.3) is 0 Å². The van der Waals surface area contributed by atoms with Gasteiger partial charge in [-0.2, -0.15) is 0 Å². The van der Waals surface area contributed by atoms with Crippen molar-refractivity contribution in [1.82, 2.24) is 4.90 Å². The van der Waals surface area contributed by atoms with Crippen LogP contribution in [0, 0.1) is 5.92 Å². The number of carbonyl (C=O) groups is 2. The molecule has 0 bridgehead atoms. The summed E-state index contributed by atoms with van der Waals surface area (Å²) in [7, 11) is 0. The Balaban J connectivity index is 1.45. The van der Waals surface area contributed by atoms with Gasteiger partial charge in [-0.15, -0.1) is 0 Å². The number of hydrogen-bond donors (Lipinski definition) is 1. The van der Waals surface area contributed by atoms with Crippen molar-refractivity contribution in [3.63, 3.8) is 0 Å². The molecular weight excluding hydrogens is 360 g/mol. The minimum atomic E-state index is -0.0661. The van der Waals surface area contributed by atoms with E-state index in [1.54, 1.807) is 0 Å². The molecule has 4 heteroatoms. The van der Waals surface area contributed by atoms with Gasteiger partial charge in [0.15, 0.2) is 5.78 Å². The normalized spacial score (nSPS) is 17.2. The zero-order chi connectivity index (χ0) is 20.2. The Kier molecular flexibility index (Phi) is 5.72. The second kappa shape index (κ2) is 8.58. The van der Waals surface area contributed by atoms with E-state index in [0.717, 1.165) is 54.5 Å². The van der Waals surface area contributed by atoms with Gasteiger partial charge in [0.2, 0.25) is 5.91 Å². The Morgan fingerprint density at radius 2 is 1.76 bits per heavy atom. The summed E-state index contributed by atoms with van der Waals surface area (Å²) in [6.07, 6.45) is 1.98. The summed E-state index contributed by atoms with van der Waals surface area (Å²) in [4.78, 5) is 26.8. The SMILES string of the molecule is CC(=O)Nc1ccc(CN2CCCC(C(=O)c3cccc4ccccc34)C2)cc1. The van der Waals surface area contributed by atoms with E-state index in [1.807, 2.05) is 54.6 Å². The third kappa shape index (κ3) is 4.54. The van der Waals surface area contributed by atoms with Crippen LogP contribution in [-0.4, -0.2) is 29.7 Å². The van der Waals surface area contributed by atoms with E-state index in [1.165, 1.54) is 12.5 Å². The van der Waals surface area contributed by atoms with Crippen molar-refractivity contribution in [3.8, 4) is 0 Å². The van der Waals surface area contributed by atoms with Crippen molar-refractivity contribution >= 4 is 28.2 Å². The first-order valence-corrected chi connectivity index (χ1v) is 10.2. The van der Waals surface area contributed by atoms with E-state index in [-0.39, 0.29) is 17.6 Å². The van der Waals surface area contributed by atoms with Crippen LogP contribution in [0.4, 0.5) is 5.69 Å². The van der Waals surface area contributed by atoms with Gasteiger partial charge in [0, 0.05) is 37.2 Å². The van der Waals surface area contributed by atoms with Gasteiger partial charge < -0.3 is 5.32 Å². The molecule has 3 aromatic carbocycles. The largest absolute Gasteiger partial charge is 0.326 e. The Hall–Kier alpha value is -2.98. The van der Waals surface area contributed by atoms with Crippen molar-refractivity contribution in [2.24, 2.45) is 5.92 Å². The number of nitrogens with one attached hydrogen (secondary N) is 1. The molecule has 1 aliphatic heterocycles. The maximum atomic E-state index is 13.3. The van der Waals surface area contributed by atoms with Crippen LogP contribution in [0.5, 0.6) is 0 Å². The lowest BCUT2D eigenvalue weighted by atomic mass is 9.88. The molecule has 4 rings (SSSR count). The van der Waals surface area contributed by atoms with E-state index in [4.69, 9.17) is 0 Å². The Bertz CT molecular complexity index is 1020. The number of anilines is 1. The lowest BCUT2D eigenvalue weighted by Gasteiger charge is -2.32. The van der Waals surface area contributed by atoms with E-state index in [0.29, 0.717) is 0 Å². The summed E-state index contributed by atoms with van der Waals surface area (Å²) < 4.78 is 0. The van der Waals surface area contributed by atoms with Crippen LogP contribution in [0.3, 0.4) is 0 Å². The Morgan fingerprint density at radius 3 is 2.55 bits per heavy atom. The number of nitrogens with zero attached hydrogens (tertiary/aromatic N) is 1. The molecule has 1 N–H and O–H groups in total. The van der Waals surface area contributed by atoms with Crippen LogP contribution in [-0.2, 0) is 11.3 Å². The molecule has 29 heavy (non-hydrogen) atoms. The average molecular weight is 386 g/mol. The van der Waals surface area contributed by atoms with Gasteiger partial charge in [-0.25, -0.2) is 0 Å². The second-order valence-corrected chi connectivity index (χ2v) is 7.84. The van der Waals surface area contributed by atoms with Crippen molar-refractivity contribution in [3.05, 3.63) is 77.9 Å². The Morgan fingerprint density at radius 1 is 1.00 bits per heavy atom. The first kappa shape index (κ1) is 19.3. The summed E-state index contributed by atoms with van der Waals surface area (Å²) in [6, 6.07) is 22.1. The highest BCUT2D eigenvalue weighted by atomic mass is 16.1. The van der Waals surface area contributed by atoms with Gasteiger partial charge in [-0.3, -0.25) is 14.5 Å². The molecule has 0 radical (unpaired) electrons. The third-order valence-electron chi connectivity index (χ3n) is 5.61. The molecule has 1 amide bonds. The predicted octanol–water partition coefficient (Wildman–Crippen LogP) is 4.89. The quantitative estimate of drug-likeness (QED) is 0.635. The maximum absolute atomic E-state index is 13.3. The molecule has 1 fully saturated rings. The fraction of sp³-hybridized carbons (Fsp3) is 0.280. The monoisotopic (exact) mass is 386 g/mol. The summed E-state index contributed by atoms with van der Waals surface area (Å²) in [5.41, 5.74) is 2.84. The minimum Gasteiger partial charge on any atom is -0.326 e. The molecule has 1 saturated heterocycles. The van der Waals surface area contributed by atoms with Crippen LogP contribution in [0.2, 0.25) is 0 Å². The number of piperidine rings is 1. The number of Topliss-reactive ketones (excluding diaryl/α,β-unsaturated/α-hetero) is 1. The molecule has 0 saturated carbocycles. The molecule has 1 unspecified atom stereocenters. The van der Waals surface area contributed by atoms with Gasteiger partial charge in [0.05, 0.1) is 0 Å². The maximum Gasteiger partial charge on any atom is 0.221 e. The third-order valence-corrected chi connectivity index (χ3v) is 5.61. The van der Waals surface area contributed by atoms with E-state index >= 15 is 0 Å². The van der Waals surface area contributed by atoms with Crippen LogP contribution in [0.1, 0.15) is 35.7 Å². The molecule has 4 nitrogen and oxygen atoms in total. The van der Waals surface area contributed by atoms with Crippen molar-refractivity contribution in [2.75, 3.05) is 18.4 Å². The molecule has 1 atom stereocenters. The fourth-order valence-electron chi connectivity index (χ4n) is 4.23. The van der Waals surface area contributed by atoms with Crippen molar-refractivity contribution in [2.45, 2.75) is 26.3 Å².